The molecule has 0 fully saturated rings. The standard InChI is InChI=1S/C10H25N3O/c1-5-13(7-10(11)8-14)9(2)6-12(3)4/h9-10,14H,5-8,11H2,1-4H3. The van der Waals surface area contributed by atoms with E-state index in [9.17, 15) is 0 Å². The Labute approximate surface area is 87.7 Å². The second-order valence-electron chi connectivity index (χ2n) is 4.14. The van der Waals surface area contributed by atoms with Crippen molar-refractivity contribution in [2.45, 2.75) is 25.9 Å². The Morgan fingerprint density at radius 1 is 1.29 bits per heavy atom. The van der Waals surface area contributed by atoms with Crippen LogP contribution in [0, 0.1) is 0 Å². The van der Waals surface area contributed by atoms with Crippen molar-refractivity contribution in [1.82, 2.24) is 9.80 Å². The third-order valence-corrected chi connectivity index (χ3v) is 2.36. The summed E-state index contributed by atoms with van der Waals surface area (Å²) in [5.41, 5.74) is 5.71. The largest absolute Gasteiger partial charge is 0.395 e. The number of nitrogens with zero attached hydrogens (tertiary/aromatic N) is 2. The van der Waals surface area contributed by atoms with Gasteiger partial charge in [0.25, 0.3) is 0 Å². The Kier molecular flexibility index (Phi) is 7.09. The molecule has 0 amide bonds. The lowest BCUT2D eigenvalue weighted by Crippen LogP contribution is -2.47. The molecule has 0 aromatic carbocycles. The van der Waals surface area contributed by atoms with Gasteiger partial charge in [-0.05, 0) is 27.6 Å². The van der Waals surface area contributed by atoms with E-state index >= 15 is 0 Å². The SMILES string of the molecule is CCN(CC(N)CO)C(C)CN(C)C. The molecule has 0 saturated heterocycles. The molecule has 0 rings (SSSR count). The van der Waals surface area contributed by atoms with Crippen LogP contribution in [0.4, 0.5) is 0 Å². The third-order valence-electron chi connectivity index (χ3n) is 2.36. The van der Waals surface area contributed by atoms with E-state index in [1.165, 1.54) is 0 Å². The molecular weight excluding hydrogens is 178 g/mol. The summed E-state index contributed by atoms with van der Waals surface area (Å²) in [6, 6.07) is 0.354. The highest BCUT2D eigenvalue weighted by atomic mass is 16.3. The van der Waals surface area contributed by atoms with Crippen LogP contribution in [0.5, 0.6) is 0 Å². The summed E-state index contributed by atoms with van der Waals surface area (Å²) in [4.78, 5) is 4.46. The van der Waals surface area contributed by atoms with Crippen LogP contribution in [-0.4, -0.2) is 67.3 Å². The van der Waals surface area contributed by atoms with Gasteiger partial charge in [-0.2, -0.15) is 0 Å². The first-order valence-electron chi connectivity index (χ1n) is 5.26. The fourth-order valence-corrected chi connectivity index (χ4v) is 1.62. The number of hydrogen-bond acceptors (Lipinski definition) is 4. The van der Waals surface area contributed by atoms with Crippen molar-refractivity contribution in [1.29, 1.82) is 0 Å². The van der Waals surface area contributed by atoms with Crippen LogP contribution in [-0.2, 0) is 0 Å². The van der Waals surface area contributed by atoms with Gasteiger partial charge < -0.3 is 15.7 Å². The minimum absolute atomic E-state index is 0.0607. The van der Waals surface area contributed by atoms with Gasteiger partial charge in [0.1, 0.15) is 0 Å². The van der Waals surface area contributed by atoms with Crippen molar-refractivity contribution in [3.63, 3.8) is 0 Å². The molecule has 0 aliphatic heterocycles. The first kappa shape index (κ1) is 13.8. The van der Waals surface area contributed by atoms with Gasteiger partial charge in [-0.1, -0.05) is 6.92 Å². The zero-order valence-corrected chi connectivity index (χ0v) is 9.90. The van der Waals surface area contributed by atoms with E-state index in [1.807, 2.05) is 0 Å². The van der Waals surface area contributed by atoms with Crippen LogP contribution in [0.15, 0.2) is 0 Å². The number of aliphatic hydroxyl groups excluding tert-OH is 1. The molecule has 0 heterocycles. The van der Waals surface area contributed by atoms with Crippen LogP contribution in [0.25, 0.3) is 0 Å². The summed E-state index contributed by atoms with van der Waals surface area (Å²) in [5.74, 6) is 0. The van der Waals surface area contributed by atoms with Gasteiger partial charge in [0, 0.05) is 25.2 Å². The lowest BCUT2D eigenvalue weighted by Gasteiger charge is -2.31. The van der Waals surface area contributed by atoms with Crippen molar-refractivity contribution in [2.24, 2.45) is 5.73 Å². The highest BCUT2D eigenvalue weighted by Gasteiger charge is 2.15. The number of likely N-dealkylation sites (N-methyl/N-ethyl adjacent to an activating group) is 2. The van der Waals surface area contributed by atoms with E-state index in [-0.39, 0.29) is 12.6 Å². The van der Waals surface area contributed by atoms with E-state index in [4.69, 9.17) is 10.8 Å². The molecule has 2 unspecified atom stereocenters. The summed E-state index contributed by atoms with van der Waals surface area (Å²) >= 11 is 0. The average molecular weight is 203 g/mol. The van der Waals surface area contributed by atoms with Crippen molar-refractivity contribution in [3.8, 4) is 0 Å². The zero-order valence-electron chi connectivity index (χ0n) is 9.90. The quantitative estimate of drug-likeness (QED) is 0.590. The Morgan fingerprint density at radius 3 is 2.21 bits per heavy atom. The Balaban J connectivity index is 3.98. The molecule has 0 aliphatic carbocycles. The van der Waals surface area contributed by atoms with Crippen LogP contribution in [0.2, 0.25) is 0 Å². The van der Waals surface area contributed by atoms with Crippen molar-refractivity contribution < 1.29 is 5.11 Å². The number of aliphatic hydroxyl groups is 1. The van der Waals surface area contributed by atoms with E-state index in [0.717, 1.165) is 19.6 Å². The smallest absolute Gasteiger partial charge is 0.0595 e. The number of nitrogens with two attached hydrogens (primary N) is 1. The Morgan fingerprint density at radius 2 is 1.86 bits per heavy atom. The van der Waals surface area contributed by atoms with Crippen molar-refractivity contribution >= 4 is 0 Å². The highest BCUT2D eigenvalue weighted by molar-refractivity contribution is 4.73. The fraction of sp³-hybridized carbons (Fsp3) is 1.00. The molecule has 0 aromatic heterocycles. The molecule has 0 saturated carbocycles. The molecule has 0 aromatic rings. The van der Waals surface area contributed by atoms with Gasteiger partial charge in [0.2, 0.25) is 0 Å². The summed E-state index contributed by atoms with van der Waals surface area (Å²) in [6.07, 6.45) is 0. The van der Waals surface area contributed by atoms with Crippen LogP contribution in [0.1, 0.15) is 13.8 Å². The van der Waals surface area contributed by atoms with E-state index in [2.05, 4.69) is 37.7 Å². The molecule has 4 heteroatoms. The first-order valence-corrected chi connectivity index (χ1v) is 5.26. The normalized spacial score (nSPS) is 16.3. The maximum atomic E-state index is 8.88. The molecule has 3 N–H and O–H groups in total. The molecule has 0 radical (unpaired) electrons. The molecule has 0 spiro atoms. The number of hydrogen-bond donors (Lipinski definition) is 2. The average Bonchev–Trinajstić information content (AvgIpc) is 2.12. The first-order chi connectivity index (χ1) is 6.51. The summed E-state index contributed by atoms with van der Waals surface area (Å²) in [6.45, 7) is 7.13. The molecule has 86 valence electrons. The van der Waals surface area contributed by atoms with Gasteiger partial charge in [-0.25, -0.2) is 0 Å². The summed E-state index contributed by atoms with van der Waals surface area (Å²) < 4.78 is 0. The lowest BCUT2D eigenvalue weighted by atomic mass is 10.2. The Bertz CT molecular complexity index is 141. The zero-order chi connectivity index (χ0) is 11.1. The lowest BCUT2D eigenvalue weighted by molar-refractivity contribution is 0.151. The molecule has 0 bridgehead atoms. The second-order valence-corrected chi connectivity index (χ2v) is 4.14. The van der Waals surface area contributed by atoms with E-state index in [1.54, 1.807) is 0 Å². The second kappa shape index (κ2) is 7.17. The van der Waals surface area contributed by atoms with Crippen LogP contribution in [0.3, 0.4) is 0 Å². The van der Waals surface area contributed by atoms with Gasteiger partial charge in [-0.15, -0.1) is 0 Å². The van der Waals surface area contributed by atoms with Gasteiger partial charge >= 0.3 is 0 Å². The van der Waals surface area contributed by atoms with Gasteiger partial charge in [0.15, 0.2) is 0 Å². The highest BCUT2D eigenvalue weighted by Crippen LogP contribution is 2.00. The summed E-state index contributed by atoms with van der Waals surface area (Å²) in [7, 11) is 4.13. The Hall–Kier alpha value is -0.160. The minimum Gasteiger partial charge on any atom is -0.395 e. The maximum Gasteiger partial charge on any atom is 0.0595 e. The monoisotopic (exact) mass is 203 g/mol. The molecule has 2 atom stereocenters. The maximum absolute atomic E-state index is 8.88. The van der Waals surface area contributed by atoms with Crippen molar-refractivity contribution in [3.05, 3.63) is 0 Å². The number of rotatable bonds is 7. The summed E-state index contributed by atoms with van der Waals surface area (Å²) in [5, 5.41) is 8.88. The topological polar surface area (TPSA) is 52.7 Å². The minimum atomic E-state index is -0.125. The van der Waals surface area contributed by atoms with E-state index < -0.39 is 0 Å². The third kappa shape index (κ3) is 5.54. The predicted molar refractivity (Wildman–Crippen MR) is 60.3 cm³/mol. The van der Waals surface area contributed by atoms with Crippen LogP contribution < -0.4 is 5.73 Å². The van der Waals surface area contributed by atoms with Gasteiger partial charge in [-0.3, -0.25) is 4.90 Å². The predicted octanol–water partition coefficient (Wildman–Crippen LogP) is -0.422. The van der Waals surface area contributed by atoms with Crippen LogP contribution >= 0.6 is 0 Å². The van der Waals surface area contributed by atoms with Crippen molar-refractivity contribution in [2.75, 3.05) is 40.3 Å². The fourth-order valence-electron chi connectivity index (χ4n) is 1.62. The van der Waals surface area contributed by atoms with E-state index in [0.29, 0.717) is 6.04 Å². The molecule has 4 nitrogen and oxygen atoms in total. The molecular formula is C10H25N3O. The molecule has 14 heavy (non-hydrogen) atoms. The van der Waals surface area contributed by atoms with Gasteiger partial charge in [0.05, 0.1) is 6.61 Å². The molecule has 0 aliphatic rings.